The number of nitrogens with zero attached hydrogens (tertiary/aromatic N) is 2. The smallest absolute Gasteiger partial charge is 0.258 e. The molecule has 0 saturated carbocycles. The number of rotatable bonds is 36. The second-order valence-corrected chi connectivity index (χ2v) is 19.8. The van der Waals surface area contributed by atoms with E-state index >= 15 is 0 Å². The predicted molar refractivity (Wildman–Crippen MR) is 224 cm³/mol. The first-order valence-corrected chi connectivity index (χ1v) is 24.9. The first kappa shape index (κ1) is 47.8. The van der Waals surface area contributed by atoms with Crippen LogP contribution in [0.5, 0.6) is 0 Å². The van der Waals surface area contributed by atoms with Gasteiger partial charge in [-0.1, -0.05) is 206 Å². The molecule has 2 fully saturated rings. The molecule has 2 heterocycles. The van der Waals surface area contributed by atoms with E-state index in [0.717, 1.165) is 13.1 Å². The Hall–Kier alpha value is 0.620. The molecule has 6 nitrogen and oxygen atoms in total. The maximum atomic E-state index is 6.27. The Morgan fingerprint density at radius 1 is 0.333 bits per heavy atom. The number of hydrogen-bond donors (Lipinski definition) is 0. The first-order chi connectivity index (χ1) is 25.1. The van der Waals surface area contributed by atoms with Gasteiger partial charge in [0.1, 0.15) is 0 Å². The molecule has 2 rings (SSSR count). The SMILES string of the molecule is CCCCCCCCCCCCCCCCCCN(C)P1OCC2(CO1)COP(N(C)CCCCCCCCCCCCCCCCCC)OC2. The van der Waals surface area contributed by atoms with Gasteiger partial charge in [-0.3, -0.25) is 0 Å². The largest absolute Gasteiger partial charge is 0.321 e. The number of unbranched alkanes of at least 4 members (excludes halogenated alkanes) is 30. The molecular weight excluding hydrogens is 670 g/mol. The van der Waals surface area contributed by atoms with Crippen LogP contribution in [0.15, 0.2) is 0 Å². The lowest BCUT2D eigenvalue weighted by molar-refractivity contribution is -0.0637. The zero-order chi connectivity index (χ0) is 36.5. The van der Waals surface area contributed by atoms with Gasteiger partial charge in [-0.25, -0.2) is 9.34 Å². The third-order valence-corrected chi connectivity index (χ3v) is 14.1. The van der Waals surface area contributed by atoms with E-state index in [1.165, 1.54) is 205 Å². The van der Waals surface area contributed by atoms with Crippen molar-refractivity contribution in [3.8, 4) is 0 Å². The normalized spacial score (nSPS) is 21.1. The molecule has 0 aromatic carbocycles. The van der Waals surface area contributed by atoms with Gasteiger partial charge >= 0.3 is 0 Å². The topological polar surface area (TPSA) is 43.4 Å². The molecule has 1 spiro atoms. The Balaban J connectivity index is 1.35. The molecule has 0 aliphatic carbocycles. The van der Waals surface area contributed by atoms with Crippen molar-refractivity contribution < 1.29 is 18.1 Å². The summed E-state index contributed by atoms with van der Waals surface area (Å²) in [5, 5.41) is 0. The standard InChI is InChI=1S/C43H88N2O4P2/c1-5-7-9-11-13-15-17-19-21-23-25-27-29-31-33-35-37-44(3)50-46-39-43(40-47-50)41-48-51(49-42-43)45(4)38-36-34-32-30-28-26-24-22-20-18-16-14-12-10-8-6-2/h5-42H2,1-4H3. The molecule has 0 aromatic rings. The van der Waals surface area contributed by atoms with Crippen molar-refractivity contribution in [1.82, 2.24) is 9.34 Å². The lowest BCUT2D eigenvalue weighted by Crippen LogP contribution is -2.46. The summed E-state index contributed by atoms with van der Waals surface area (Å²) in [5.41, 5.74) is -0.151. The molecule has 51 heavy (non-hydrogen) atoms. The van der Waals surface area contributed by atoms with Crippen LogP contribution < -0.4 is 0 Å². The van der Waals surface area contributed by atoms with Crippen LogP contribution in [0.2, 0.25) is 0 Å². The monoisotopic (exact) mass is 759 g/mol. The highest BCUT2D eigenvalue weighted by Crippen LogP contribution is 2.54. The average molecular weight is 759 g/mol. The quantitative estimate of drug-likeness (QED) is 0.0468. The summed E-state index contributed by atoms with van der Waals surface area (Å²) in [6.45, 7) is 9.41. The van der Waals surface area contributed by atoms with Crippen LogP contribution in [-0.4, -0.2) is 63.0 Å². The Morgan fingerprint density at radius 2 is 0.529 bits per heavy atom. The maximum absolute atomic E-state index is 6.27. The molecule has 2 saturated heterocycles. The molecular formula is C43H88N2O4P2. The van der Waals surface area contributed by atoms with Gasteiger partial charge < -0.3 is 18.1 Å². The van der Waals surface area contributed by atoms with Crippen molar-refractivity contribution in [2.45, 2.75) is 219 Å². The molecule has 0 bridgehead atoms. The molecule has 8 heteroatoms. The fraction of sp³-hybridized carbons (Fsp3) is 1.00. The summed E-state index contributed by atoms with van der Waals surface area (Å²) in [7, 11) is 2.41. The van der Waals surface area contributed by atoms with Crippen molar-refractivity contribution in [2.24, 2.45) is 5.41 Å². The first-order valence-electron chi connectivity index (χ1n) is 22.6. The molecule has 0 amide bonds. The second-order valence-electron chi connectivity index (χ2n) is 16.4. The van der Waals surface area contributed by atoms with Gasteiger partial charge in [0.15, 0.2) is 0 Å². The summed E-state index contributed by atoms with van der Waals surface area (Å²) in [6.07, 6.45) is 45.0. The molecule has 2 aliphatic rings. The molecule has 0 atom stereocenters. The zero-order valence-corrected chi connectivity index (χ0v) is 36.6. The Labute approximate surface area is 321 Å². The van der Waals surface area contributed by atoms with Crippen molar-refractivity contribution in [3.63, 3.8) is 0 Å². The van der Waals surface area contributed by atoms with E-state index in [2.05, 4.69) is 37.3 Å². The van der Waals surface area contributed by atoms with Crippen LogP contribution >= 0.6 is 17.1 Å². The molecule has 304 valence electrons. The summed E-state index contributed by atoms with van der Waals surface area (Å²) in [4.78, 5) is 0. The summed E-state index contributed by atoms with van der Waals surface area (Å²) >= 11 is 0. The van der Waals surface area contributed by atoms with Crippen LogP contribution in [0.4, 0.5) is 0 Å². The highest BCUT2D eigenvalue weighted by atomic mass is 31.2. The molecule has 0 N–H and O–H groups in total. The van der Waals surface area contributed by atoms with Crippen LogP contribution in [0.1, 0.15) is 219 Å². The van der Waals surface area contributed by atoms with Crippen LogP contribution in [0, 0.1) is 5.41 Å². The minimum Gasteiger partial charge on any atom is -0.321 e. The van der Waals surface area contributed by atoms with Crippen molar-refractivity contribution >= 4 is 17.1 Å². The Kier molecular flexibility index (Phi) is 31.8. The van der Waals surface area contributed by atoms with E-state index in [-0.39, 0.29) is 5.41 Å². The summed E-state index contributed by atoms with van der Waals surface area (Å²) in [5.74, 6) is 0. The lowest BCUT2D eigenvalue weighted by atomic mass is 9.93. The average Bonchev–Trinajstić information content (AvgIpc) is 3.15. The van der Waals surface area contributed by atoms with Crippen LogP contribution in [0.3, 0.4) is 0 Å². The summed E-state index contributed by atoms with van der Waals surface area (Å²) < 4.78 is 29.7. The third-order valence-electron chi connectivity index (χ3n) is 11.2. The third kappa shape index (κ3) is 25.4. The summed E-state index contributed by atoms with van der Waals surface area (Å²) in [6, 6.07) is 0. The molecule has 2 aliphatic heterocycles. The van der Waals surface area contributed by atoms with E-state index < -0.39 is 17.1 Å². The maximum Gasteiger partial charge on any atom is 0.258 e. The van der Waals surface area contributed by atoms with Crippen LogP contribution in [0.25, 0.3) is 0 Å². The van der Waals surface area contributed by atoms with Gasteiger partial charge in [-0.05, 0) is 26.9 Å². The van der Waals surface area contributed by atoms with E-state index in [0.29, 0.717) is 26.4 Å². The highest BCUT2D eigenvalue weighted by molar-refractivity contribution is 7.44. The zero-order valence-electron chi connectivity index (χ0n) is 34.8. The highest BCUT2D eigenvalue weighted by Gasteiger charge is 2.44. The van der Waals surface area contributed by atoms with E-state index in [1.54, 1.807) is 0 Å². The fourth-order valence-corrected chi connectivity index (χ4v) is 10.5. The van der Waals surface area contributed by atoms with Gasteiger partial charge in [0, 0.05) is 13.1 Å². The molecule has 0 radical (unpaired) electrons. The van der Waals surface area contributed by atoms with Crippen molar-refractivity contribution in [3.05, 3.63) is 0 Å². The van der Waals surface area contributed by atoms with E-state index in [9.17, 15) is 0 Å². The minimum atomic E-state index is -0.957. The van der Waals surface area contributed by atoms with E-state index in [4.69, 9.17) is 18.1 Å². The fourth-order valence-electron chi connectivity index (χ4n) is 7.43. The van der Waals surface area contributed by atoms with Gasteiger partial charge in [-0.2, -0.15) is 0 Å². The minimum absolute atomic E-state index is 0.151. The van der Waals surface area contributed by atoms with E-state index in [1.807, 2.05) is 0 Å². The van der Waals surface area contributed by atoms with Gasteiger partial charge in [0.2, 0.25) is 0 Å². The Morgan fingerprint density at radius 3 is 0.745 bits per heavy atom. The lowest BCUT2D eigenvalue weighted by Gasteiger charge is -2.45. The van der Waals surface area contributed by atoms with Crippen molar-refractivity contribution in [2.75, 3.05) is 53.6 Å². The predicted octanol–water partition coefficient (Wildman–Crippen LogP) is 14.9. The van der Waals surface area contributed by atoms with Gasteiger partial charge in [0.05, 0.1) is 31.8 Å². The van der Waals surface area contributed by atoms with Gasteiger partial charge in [-0.15, -0.1) is 0 Å². The molecule has 0 unspecified atom stereocenters. The van der Waals surface area contributed by atoms with Crippen molar-refractivity contribution in [1.29, 1.82) is 0 Å². The number of hydrogen-bond acceptors (Lipinski definition) is 6. The molecule has 0 aromatic heterocycles. The second kappa shape index (κ2) is 33.9. The van der Waals surface area contributed by atoms with Gasteiger partial charge in [0.25, 0.3) is 17.1 Å². The Bertz CT molecular complexity index is 671. The van der Waals surface area contributed by atoms with Crippen LogP contribution in [-0.2, 0) is 18.1 Å².